The Hall–Kier alpha value is -2.87. The molecule has 148 valence electrons. The van der Waals surface area contributed by atoms with Gasteiger partial charge in [0.2, 0.25) is 0 Å². The van der Waals surface area contributed by atoms with Crippen molar-refractivity contribution in [2.75, 3.05) is 23.9 Å². The standard InChI is InChI=1S/C20H23N3O4S/c1-4-5-12-23-14(2)22-28(25,26)19-13-15(10-11-17(19)23)20(24)21-16-8-6-7-9-18(16)27-3/h6-11,13H,4-5,12H2,1-3H3,(H,21,24). The third-order valence-electron chi connectivity index (χ3n) is 4.52. The highest BCUT2D eigenvalue weighted by molar-refractivity contribution is 7.90. The molecule has 28 heavy (non-hydrogen) atoms. The summed E-state index contributed by atoms with van der Waals surface area (Å²) in [5.74, 6) is 0.536. The fourth-order valence-electron chi connectivity index (χ4n) is 3.07. The summed E-state index contributed by atoms with van der Waals surface area (Å²) in [6.45, 7) is 4.42. The summed E-state index contributed by atoms with van der Waals surface area (Å²) in [4.78, 5) is 14.6. The Morgan fingerprint density at radius 2 is 1.96 bits per heavy atom. The largest absolute Gasteiger partial charge is 0.495 e. The molecule has 0 saturated carbocycles. The number of anilines is 2. The first-order chi connectivity index (χ1) is 13.4. The third-order valence-corrected chi connectivity index (χ3v) is 5.91. The van der Waals surface area contributed by atoms with Gasteiger partial charge in [0, 0.05) is 12.1 Å². The Kier molecular flexibility index (Phi) is 5.69. The first-order valence-electron chi connectivity index (χ1n) is 9.05. The van der Waals surface area contributed by atoms with Crippen molar-refractivity contribution in [2.24, 2.45) is 4.40 Å². The fraction of sp³-hybridized carbons (Fsp3) is 0.300. The predicted molar refractivity (Wildman–Crippen MR) is 110 cm³/mol. The SMILES string of the molecule is CCCCN1C(C)=NS(=O)(=O)c2cc(C(=O)Nc3ccccc3OC)ccc21. The number of fused-ring (bicyclic) bond motifs is 1. The number of ether oxygens (including phenoxy) is 1. The van der Waals surface area contributed by atoms with Crippen molar-refractivity contribution in [3.05, 3.63) is 48.0 Å². The number of carbonyl (C=O) groups excluding carboxylic acids is 1. The molecule has 3 rings (SSSR count). The number of para-hydroxylation sites is 2. The van der Waals surface area contributed by atoms with Crippen LogP contribution in [0.4, 0.5) is 11.4 Å². The fourth-order valence-corrected chi connectivity index (χ4v) is 4.34. The van der Waals surface area contributed by atoms with Crippen LogP contribution in [-0.2, 0) is 10.0 Å². The van der Waals surface area contributed by atoms with Gasteiger partial charge in [-0.05, 0) is 43.7 Å². The van der Waals surface area contributed by atoms with Crippen molar-refractivity contribution in [3.8, 4) is 5.75 Å². The second-order valence-electron chi connectivity index (χ2n) is 6.46. The minimum absolute atomic E-state index is 0.0434. The quantitative estimate of drug-likeness (QED) is 0.798. The molecule has 0 aromatic heterocycles. The summed E-state index contributed by atoms with van der Waals surface area (Å²) < 4.78 is 34.2. The third kappa shape index (κ3) is 3.87. The number of hydrogen-bond donors (Lipinski definition) is 1. The van der Waals surface area contributed by atoms with E-state index in [1.165, 1.54) is 13.2 Å². The summed E-state index contributed by atoms with van der Waals surface area (Å²) in [6, 6.07) is 11.7. The lowest BCUT2D eigenvalue weighted by atomic mass is 10.1. The number of amides is 1. The Labute approximate surface area is 165 Å². The average Bonchev–Trinajstić information content (AvgIpc) is 2.67. The first-order valence-corrected chi connectivity index (χ1v) is 10.5. The summed E-state index contributed by atoms with van der Waals surface area (Å²) in [7, 11) is -2.33. The summed E-state index contributed by atoms with van der Waals surface area (Å²) in [5, 5.41) is 2.76. The molecule has 0 spiro atoms. The van der Waals surface area contributed by atoms with Crippen LogP contribution >= 0.6 is 0 Å². The minimum Gasteiger partial charge on any atom is -0.495 e. The van der Waals surface area contributed by atoms with Crippen molar-refractivity contribution >= 4 is 33.1 Å². The number of amidine groups is 1. The number of nitrogens with zero attached hydrogens (tertiary/aromatic N) is 2. The maximum absolute atomic E-state index is 12.7. The van der Waals surface area contributed by atoms with Crippen LogP contribution in [0.3, 0.4) is 0 Å². The van der Waals surface area contributed by atoms with Gasteiger partial charge in [0.1, 0.15) is 16.5 Å². The Morgan fingerprint density at radius 3 is 2.68 bits per heavy atom. The molecule has 1 aliphatic rings. The summed E-state index contributed by atoms with van der Waals surface area (Å²) in [5.41, 5.74) is 1.29. The molecule has 8 heteroatoms. The monoisotopic (exact) mass is 401 g/mol. The van der Waals surface area contributed by atoms with E-state index in [0.29, 0.717) is 29.5 Å². The number of benzene rings is 2. The molecule has 2 aromatic carbocycles. The zero-order chi connectivity index (χ0) is 20.3. The van der Waals surface area contributed by atoms with E-state index >= 15 is 0 Å². The normalized spacial score (nSPS) is 14.8. The maximum atomic E-state index is 12.7. The van der Waals surface area contributed by atoms with Gasteiger partial charge >= 0.3 is 0 Å². The lowest BCUT2D eigenvalue weighted by molar-refractivity contribution is 0.102. The number of carbonyl (C=O) groups is 1. The van der Waals surface area contributed by atoms with Gasteiger partial charge in [-0.2, -0.15) is 8.42 Å². The van der Waals surface area contributed by atoms with Gasteiger partial charge in [-0.3, -0.25) is 4.79 Å². The molecule has 0 aliphatic carbocycles. The van der Waals surface area contributed by atoms with Gasteiger partial charge in [-0.25, -0.2) is 0 Å². The van der Waals surface area contributed by atoms with E-state index in [1.807, 2.05) is 4.90 Å². The smallest absolute Gasteiger partial charge is 0.286 e. The van der Waals surface area contributed by atoms with Gasteiger partial charge < -0.3 is 15.0 Å². The number of hydrogen-bond acceptors (Lipinski definition) is 5. The van der Waals surface area contributed by atoms with Crippen molar-refractivity contribution in [2.45, 2.75) is 31.6 Å². The van der Waals surface area contributed by atoms with Crippen LogP contribution < -0.4 is 15.0 Å². The number of sulfonamides is 1. The van der Waals surface area contributed by atoms with Crippen LogP contribution in [0.2, 0.25) is 0 Å². The maximum Gasteiger partial charge on any atom is 0.286 e. The topological polar surface area (TPSA) is 88.1 Å². The molecule has 0 atom stereocenters. The highest BCUT2D eigenvalue weighted by atomic mass is 32.2. The Morgan fingerprint density at radius 1 is 1.21 bits per heavy atom. The Balaban J connectivity index is 1.95. The number of nitrogens with one attached hydrogen (secondary N) is 1. The average molecular weight is 401 g/mol. The minimum atomic E-state index is -3.85. The van der Waals surface area contributed by atoms with Crippen LogP contribution in [0.5, 0.6) is 5.75 Å². The molecular formula is C20H23N3O4S. The van der Waals surface area contributed by atoms with E-state index in [4.69, 9.17) is 4.74 Å². The van der Waals surface area contributed by atoms with Crippen LogP contribution in [0.15, 0.2) is 51.8 Å². The van der Waals surface area contributed by atoms with Gasteiger partial charge in [0.25, 0.3) is 15.9 Å². The molecule has 0 unspecified atom stereocenters. The molecule has 1 amide bonds. The molecule has 0 radical (unpaired) electrons. The van der Waals surface area contributed by atoms with Gasteiger partial charge in [0.05, 0.1) is 18.5 Å². The van der Waals surface area contributed by atoms with Gasteiger partial charge in [0.15, 0.2) is 0 Å². The van der Waals surface area contributed by atoms with Crippen LogP contribution in [0.1, 0.15) is 37.0 Å². The number of unbranched alkanes of at least 4 members (excludes halogenated alkanes) is 1. The van der Waals surface area contributed by atoms with E-state index in [-0.39, 0.29) is 10.5 Å². The number of rotatable bonds is 6. The number of methoxy groups -OCH3 is 1. The molecule has 1 heterocycles. The van der Waals surface area contributed by atoms with Crippen LogP contribution in [0.25, 0.3) is 0 Å². The zero-order valence-electron chi connectivity index (χ0n) is 16.1. The highest BCUT2D eigenvalue weighted by Gasteiger charge is 2.29. The highest BCUT2D eigenvalue weighted by Crippen LogP contribution is 2.33. The molecule has 2 aromatic rings. The first kappa shape index (κ1) is 19.9. The zero-order valence-corrected chi connectivity index (χ0v) is 16.9. The predicted octanol–water partition coefficient (Wildman–Crippen LogP) is 3.67. The molecular weight excluding hydrogens is 378 g/mol. The lowest BCUT2D eigenvalue weighted by Crippen LogP contribution is -2.34. The van der Waals surface area contributed by atoms with Crippen LogP contribution in [0, 0.1) is 0 Å². The second-order valence-corrected chi connectivity index (χ2v) is 8.03. The van der Waals surface area contributed by atoms with E-state index in [1.54, 1.807) is 43.3 Å². The van der Waals surface area contributed by atoms with Crippen LogP contribution in [-0.4, -0.2) is 33.8 Å². The van der Waals surface area contributed by atoms with Gasteiger partial charge in [-0.15, -0.1) is 4.40 Å². The van der Waals surface area contributed by atoms with E-state index < -0.39 is 15.9 Å². The van der Waals surface area contributed by atoms with E-state index in [0.717, 1.165) is 12.8 Å². The molecule has 0 fully saturated rings. The molecule has 7 nitrogen and oxygen atoms in total. The molecule has 1 N–H and O–H groups in total. The van der Waals surface area contributed by atoms with Crippen molar-refractivity contribution in [1.29, 1.82) is 0 Å². The van der Waals surface area contributed by atoms with E-state index in [2.05, 4.69) is 16.6 Å². The lowest BCUT2D eigenvalue weighted by Gasteiger charge is -2.29. The van der Waals surface area contributed by atoms with Crippen molar-refractivity contribution in [1.82, 2.24) is 0 Å². The van der Waals surface area contributed by atoms with Crippen molar-refractivity contribution in [3.63, 3.8) is 0 Å². The second kappa shape index (κ2) is 8.02. The molecule has 0 bridgehead atoms. The molecule has 1 aliphatic heterocycles. The summed E-state index contributed by atoms with van der Waals surface area (Å²) in [6.07, 6.45) is 1.88. The molecule has 0 saturated heterocycles. The Bertz CT molecular complexity index is 1030. The van der Waals surface area contributed by atoms with E-state index in [9.17, 15) is 13.2 Å². The summed E-state index contributed by atoms with van der Waals surface area (Å²) >= 11 is 0. The van der Waals surface area contributed by atoms with Gasteiger partial charge in [-0.1, -0.05) is 25.5 Å². The van der Waals surface area contributed by atoms with Crippen molar-refractivity contribution < 1.29 is 17.9 Å².